The van der Waals surface area contributed by atoms with Gasteiger partial charge in [-0.2, -0.15) is 0 Å². The number of carbonyl (C=O) groups is 1. The standard InChI is InChI=1S/C18H26N2O2S/c1-19-15(14-22-2)7-8-18(19)9-11-20(12-10-18)17(21)6-5-16-4-3-13-23-16/h3-6,13,15H,7-12,14H2,1-2H3/b6-5+. The van der Waals surface area contributed by atoms with Gasteiger partial charge in [-0.15, -0.1) is 11.3 Å². The molecule has 2 aliphatic heterocycles. The number of nitrogens with zero attached hydrogens (tertiary/aromatic N) is 2. The monoisotopic (exact) mass is 334 g/mol. The first-order valence-corrected chi connectivity index (χ1v) is 9.25. The summed E-state index contributed by atoms with van der Waals surface area (Å²) in [6.07, 6.45) is 8.22. The van der Waals surface area contributed by atoms with Crippen molar-refractivity contribution >= 4 is 23.3 Å². The second-order valence-electron chi connectivity index (χ2n) is 6.66. The number of likely N-dealkylation sites (tertiary alicyclic amines) is 2. The number of likely N-dealkylation sites (N-methyl/N-ethyl adjacent to an activating group) is 1. The van der Waals surface area contributed by atoms with E-state index < -0.39 is 0 Å². The molecule has 1 amide bonds. The highest BCUT2D eigenvalue weighted by Crippen LogP contribution is 2.40. The van der Waals surface area contributed by atoms with E-state index in [1.54, 1.807) is 24.5 Å². The summed E-state index contributed by atoms with van der Waals surface area (Å²) in [5.74, 6) is 0.141. The van der Waals surface area contributed by atoms with Gasteiger partial charge in [-0.25, -0.2) is 0 Å². The quantitative estimate of drug-likeness (QED) is 0.794. The summed E-state index contributed by atoms with van der Waals surface area (Å²) in [6.45, 7) is 2.53. The predicted molar refractivity (Wildman–Crippen MR) is 94.6 cm³/mol. The molecule has 1 atom stereocenters. The lowest BCUT2D eigenvalue weighted by Crippen LogP contribution is -2.53. The Hall–Kier alpha value is -1.17. The summed E-state index contributed by atoms with van der Waals surface area (Å²) in [5, 5.41) is 2.03. The lowest BCUT2D eigenvalue weighted by atomic mass is 9.85. The highest BCUT2D eigenvalue weighted by molar-refractivity contribution is 7.10. The van der Waals surface area contributed by atoms with E-state index in [4.69, 9.17) is 4.74 Å². The maximum atomic E-state index is 12.4. The first kappa shape index (κ1) is 16.7. The minimum absolute atomic E-state index is 0.141. The van der Waals surface area contributed by atoms with Gasteiger partial charge >= 0.3 is 0 Å². The number of hydrogen-bond acceptors (Lipinski definition) is 4. The van der Waals surface area contributed by atoms with Gasteiger partial charge in [0.05, 0.1) is 6.61 Å². The minimum atomic E-state index is 0.141. The molecule has 1 spiro atoms. The zero-order valence-corrected chi connectivity index (χ0v) is 14.8. The Morgan fingerprint density at radius 2 is 2.22 bits per heavy atom. The zero-order chi connectivity index (χ0) is 16.3. The molecule has 3 heterocycles. The highest BCUT2D eigenvalue weighted by Gasteiger charge is 2.45. The molecule has 0 saturated carbocycles. The Kier molecular flexibility index (Phi) is 5.19. The zero-order valence-electron chi connectivity index (χ0n) is 14.0. The van der Waals surface area contributed by atoms with E-state index in [0.717, 1.165) is 37.4 Å². The fraction of sp³-hybridized carbons (Fsp3) is 0.611. The molecule has 1 aromatic rings. The summed E-state index contributed by atoms with van der Waals surface area (Å²) < 4.78 is 5.34. The molecule has 0 N–H and O–H groups in total. The van der Waals surface area contributed by atoms with Crippen molar-refractivity contribution in [2.45, 2.75) is 37.3 Å². The Morgan fingerprint density at radius 1 is 1.43 bits per heavy atom. The molecule has 126 valence electrons. The molecule has 0 aliphatic carbocycles. The number of piperidine rings is 1. The summed E-state index contributed by atoms with van der Waals surface area (Å²) in [5.41, 5.74) is 0.275. The molecular formula is C18H26N2O2S. The first-order chi connectivity index (χ1) is 11.1. The molecular weight excluding hydrogens is 308 g/mol. The van der Waals surface area contributed by atoms with Crippen LogP contribution in [0.5, 0.6) is 0 Å². The van der Waals surface area contributed by atoms with Gasteiger partial charge in [0, 0.05) is 42.7 Å². The lowest BCUT2D eigenvalue weighted by Gasteiger charge is -2.44. The van der Waals surface area contributed by atoms with Crippen molar-refractivity contribution in [3.63, 3.8) is 0 Å². The summed E-state index contributed by atoms with van der Waals surface area (Å²) in [4.78, 5) is 18.0. The van der Waals surface area contributed by atoms with Crippen LogP contribution in [0, 0.1) is 0 Å². The van der Waals surface area contributed by atoms with Crippen molar-refractivity contribution in [3.05, 3.63) is 28.5 Å². The molecule has 2 aliphatic rings. The van der Waals surface area contributed by atoms with Crippen LogP contribution >= 0.6 is 11.3 Å². The van der Waals surface area contributed by atoms with Gasteiger partial charge in [0.25, 0.3) is 0 Å². The van der Waals surface area contributed by atoms with Crippen molar-refractivity contribution in [1.29, 1.82) is 0 Å². The summed E-state index contributed by atoms with van der Waals surface area (Å²) in [6, 6.07) is 4.57. The van der Waals surface area contributed by atoms with Gasteiger partial charge in [-0.3, -0.25) is 9.69 Å². The topological polar surface area (TPSA) is 32.8 Å². The van der Waals surface area contributed by atoms with Gasteiger partial charge in [-0.1, -0.05) is 6.07 Å². The molecule has 4 nitrogen and oxygen atoms in total. The van der Waals surface area contributed by atoms with Crippen LogP contribution in [0.1, 0.15) is 30.6 Å². The predicted octanol–water partition coefficient (Wildman–Crippen LogP) is 2.86. The van der Waals surface area contributed by atoms with Gasteiger partial charge in [0.2, 0.25) is 5.91 Å². The van der Waals surface area contributed by atoms with E-state index in [2.05, 4.69) is 11.9 Å². The fourth-order valence-electron chi connectivity index (χ4n) is 3.97. The van der Waals surface area contributed by atoms with E-state index in [0.29, 0.717) is 6.04 Å². The van der Waals surface area contributed by atoms with E-state index in [1.807, 2.05) is 28.5 Å². The highest BCUT2D eigenvalue weighted by atomic mass is 32.1. The van der Waals surface area contributed by atoms with Crippen molar-refractivity contribution in [1.82, 2.24) is 9.80 Å². The molecule has 0 bridgehead atoms. The molecule has 1 aromatic heterocycles. The van der Waals surface area contributed by atoms with E-state index >= 15 is 0 Å². The maximum Gasteiger partial charge on any atom is 0.246 e. The van der Waals surface area contributed by atoms with Crippen LogP contribution in [0.4, 0.5) is 0 Å². The Morgan fingerprint density at radius 3 is 2.87 bits per heavy atom. The van der Waals surface area contributed by atoms with Gasteiger partial charge < -0.3 is 9.64 Å². The molecule has 0 radical (unpaired) electrons. The molecule has 5 heteroatoms. The Bertz CT molecular complexity index is 547. The van der Waals surface area contributed by atoms with Gasteiger partial charge in [-0.05, 0) is 50.3 Å². The van der Waals surface area contributed by atoms with Crippen LogP contribution in [0.25, 0.3) is 6.08 Å². The number of thiophene rings is 1. The lowest BCUT2D eigenvalue weighted by molar-refractivity contribution is -0.128. The molecule has 23 heavy (non-hydrogen) atoms. The third-order valence-corrected chi connectivity index (χ3v) is 6.37. The van der Waals surface area contributed by atoms with Crippen LogP contribution in [-0.2, 0) is 9.53 Å². The van der Waals surface area contributed by atoms with Crippen molar-refractivity contribution in [3.8, 4) is 0 Å². The van der Waals surface area contributed by atoms with Crippen LogP contribution in [0.15, 0.2) is 23.6 Å². The van der Waals surface area contributed by atoms with Crippen LogP contribution < -0.4 is 0 Å². The largest absolute Gasteiger partial charge is 0.383 e. The van der Waals surface area contributed by atoms with E-state index in [-0.39, 0.29) is 11.4 Å². The average Bonchev–Trinajstić information content (AvgIpc) is 3.18. The Labute approximate surface area is 142 Å². The van der Waals surface area contributed by atoms with Crippen LogP contribution in [0.2, 0.25) is 0 Å². The third-order valence-electron chi connectivity index (χ3n) is 5.54. The third kappa shape index (κ3) is 3.52. The number of carbonyl (C=O) groups excluding carboxylic acids is 1. The van der Waals surface area contributed by atoms with Crippen molar-refractivity contribution < 1.29 is 9.53 Å². The molecule has 0 aromatic carbocycles. The minimum Gasteiger partial charge on any atom is -0.383 e. The second kappa shape index (κ2) is 7.16. The van der Waals surface area contributed by atoms with E-state index in [1.165, 1.54) is 12.8 Å². The van der Waals surface area contributed by atoms with Crippen molar-refractivity contribution in [2.75, 3.05) is 33.9 Å². The van der Waals surface area contributed by atoms with Crippen LogP contribution in [0.3, 0.4) is 0 Å². The first-order valence-electron chi connectivity index (χ1n) is 8.37. The van der Waals surface area contributed by atoms with Crippen molar-refractivity contribution in [2.24, 2.45) is 0 Å². The summed E-state index contributed by atoms with van der Waals surface area (Å²) in [7, 11) is 4.00. The summed E-state index contributed by atoms with van der Waals surface area (Å²) >= 11 is 1.66. The smallest absolute Gasteiger partial charge is 0.246 e. The number of methoxy groups -OCH3 is 1. The average molecular weight is 334 g/mol. The molecule has 2 fully saturated rings. The van der Waals surface area contributed by atoms with Gasteiger partial charge in [0.1, 0.15) is 0 Å². The fourth-order valence-corrected chi connectivity index (χ4v) is 4.59. The number of rotatable bonds is 4. The normalized spacial score (nSPS) is 24.8. The van der Waals surface area contributed by atoms with Gasteiger partial charge in [0.15, 0.2) is 0 Å². The second-order valence-corrected chi connectivity index (χ2v) is 7.64. The molecule has 3 rings (SSSR count). The molecule has 1 unspecified atom stereocenters. The Balaban J connectivity index is 1.55. The van der Waals surface area contributed by atoms with E-state index in [9.17, 15) is 4.79 Å². The maximum absolute atomic E-state index is 12.4. The number of ether oxygens (including phenoxy) is 1. The van der Waals surface area contributed by atoms with Crippen LogP contribution in [-0.4, -0.2) is 61.1 Å². The molecule has 2 saturated heterocycles. The SMILES string of the molecule is COCC1CCC2(CCN(C(=O)/C=C/c3cccs3)CC2)N1C. The number of amides is 1. The number of hydrogen-bond donors (Lipinski definition) is 0.